The maximum atomic E-state index is 12.0. The molecule has 0 spiro atoms. The molecule has 1 aromatic carbocycles. The van der Waals surface area contributed by atoms with Crippen molar-refractivity contribution < 1.29 is 9.59 Å². The summed E-state index contributed by atoms with van der Waals surface area (Å²) in [7, 11) is 0. The summed E-state index contributed by atoms with van der Waals surface area (Å²) in [6, 6.07) is 9.88. The fourth-order valence-corrected chi connectivity index (χ4v) is 3.13. The molecule has 24 heavy (non-hydrogen) atoms. The summed E-state index contributed by atoms with van der Waals surface area (Å²) in [6.07, 6.45) is 1.59. The Hall–Kier alpha value is -2.25. The van der Waals surface area contributed by atoms with E-state index >= 15 is 0 Å². The average molecular weight is 404 g/mol. The van der Waals surface area contributed by atoms with Crippen molar-refractivity contribution in [3.8, 4) is 5.69 Å². The van der Waals surface area contributed by atoms with E-state index in [2.05, 4.69) is 31.1 Å². The van der Waals surface area contributed by atoms with Crippen molar-refractivity contribution in [3.05, 3.63) is 57.3 Å². The third kappa shape index (κ3) is 3.05. The number of hydrogen-bond acceptors (Lipinski definition) is 3. The zero-order chi connectivity index (χ0) is 17.4. The highest BCUT2D eigenvalue weighted by molar-refractivity contribution is 9.10. The lowest BCUT2D eigenvalue weighted by atomic mass is 10.1. The summed E-state index contributed by atoms with van der Waals surface area (Å²) in [5, 5.41) is 4.91. The van der Waals surface area contributed by atoms with Gasteiger partial charge in [0, 0.05) is 21.5 Å². The van der Waals surface area contributed by atoms with Crippen LogP contribution in [0.4, 0.5) is 0 Å². The van der Waals surface area contributed by atoms with E-state index in [0.717, 1.165) is 27.1 Å². The number of halogens is 1. The summed E-state index contributed by atoms with van der Waals surface area (Å²) >= 11 is 8.23. The molecule has 5 nitrogen and oxygen atoms in total. The molecule has 2 heterocycles. The molecule has 2 aromatic rings. The third-order valence-corrected chi connectivity index (χ3v) is 4.53. The Bertz CT molecular complexity index is 875. The minimum absolute atomic E-state index is 0.0301. The first-order chi connectivity index (χ1) is 11.4. The number of hydrogen-bond donors (Lipinski definition) is 2. The fraction of sp³-hybridized carbons (Fsp3) is 0.118. The topological polar surface area (TPSA) is 63.1 Å². The number of aryl methyl sites for hydroxylation is 1. The highest BCUT2D eigenvalue weighted by Gasteiger charge is 2.26. The van der Waals surface area contributed by atoms with Gasteiger partial charge in [-0.15, -0.1) is 0 Å². The molecule has 7 heteroatoms. The number of carbonyl (C=O) groups excluding carboxylic acids is 2. The van der Waals surface area contributed by atoms with Crippen molar-refractivity contribution in [2.45, 2.75) is 13.8 Å². The van der Waals surface area contributed by atoms with Gasteiger partial charge in [-0.25, -0.2) is 0 Å². The SMILES string of the molecule is Cc1cc(C=C2C(=O)NC(=S)NC2=O)c(C)n1-c1ccc(Br)cc1. The maximum Gasteiger partial charge on any atom is 0.263 e. The summed E-state index contributed by atoms with van der Waals surface area (Å²) in [5.74, 6) is -0.977. The van der Waals surface area contributed by atoms with Crippen molar-refractivity contribution in [2.24, 2.45) is 0 Å². The van der Waals surface area contributed by atoms with Crippen LogP contribution in [0.15, 0.2) is 40.4 Å². The van der Waals surface area contributed by atoms with Crippen LogP contribution in [0.3, 0.4) is 0 Å². The smallest absolute Gasteiger partial charge is 0.263 e. The maximum absolute atomic E-state index is 12.0. The van der Waals surface area contributed by atoms with E-state index in [1.165, 1.54) is 0 Å². The number of carbonyl (C=O) groups is 2. The van der Waals surface area contributed by atoms with Gasteiger partial charge in [-0.1, -0.05) is 15.9 Å². The zero-order valence-corrected chi connectivity index (χ0v) is 15.4. The van der Waals surface area contributed by atoms with Crippen molar-refractivity contribution in [3.63, 3.8) is 0 Å². The highest BCUT2D eigenvalue weighted by Crippen LogP contribution is 2.24. The summed E-state index contributed by atoms with van der Waals surface area (Å²) in [5.41, 5.74) is 3.81. The second-order valence-corrected chi connectivity index (χ2v) is 6.76. The molecule has 1 aromatic heterocycles. The second-order valence-electron chi connectivity index (χ2n) is 5.43. The van der Waals surface area contributed by atoms with E-state index in [1.807, 2.05) is 44.2 Å². The Morgan fingerprint density at radius 1 is 1.08 bits per heavy atom. The standard InChI is InChI=1S/C17H14BrN3O2S/c1-9-7-11(8-14-15(22)19-17(24)20-16(14)23)10(2)21(9)13-5-3-12(18)4-6-13/h3-8H,1-2H3,(H2,19,20,22,23,24). The van der Waals surface area contributed by atoms with Gasteiger partial charge in [0.25, 0.3) is 11.8 Å². The molecule has 1 saturated heterocycles. The Labute approximate surface area is 152 Å². The molecule has 1 aliphatic heterocycles. The minimum atomic E-state index is -0.489. The van der Waals surface area contributed by atoms with Crippen molar-refractivity contribution in [1.82, 2.24) is 15.2 Å². The molecule has 0 saturated carbocycles. The van der Waals surface area contributed by atoms with Crippen LogP contribution in [0.1, 0.15) is 17.0 Å². The van der Waals surface area contributed by atoms with Gasteiger partial charge >= 0.3 is 0 Å². The molecule has 122 valence electrons. The van der Waals surface area contributed by atoms with Crippen LogP contribution in [-0.2, 0) is 9.59 Å². The van der Waals surface area contributed by atoms with Gasteiger partial charge in [-0.3, -0.25) is 20.2 Å². The van der Waals surface area contributed by atoms with E-state index in [-0.39, 0.29) is 10.7 Å². The van der Waals surface area contributed by atoms with Gasteiger partial charge in [0.15, 0.2) is 5.11 Å². The number of nitrogens with zero attached hydrogens (tertiary/aromatic N) is 1. The lowest BCUT2D eigenvalue weighted by Crippen LogP contribution is -2.51. The van der Waals surface area contributed by atoms with Crippen molar-refractivity contribution >= 4 is 51.2 Å². The highest BCUT2D eigenvalue weighted by atomic mass is 79.9. The first-order valence-corrected chi connectivity index (χ1v) is 8.40. The van der Waals surface area contributed by atoms with Gasteiger partial charge < -0.3 is 4.57 Å². The average Bonchev–Trinajstić information content (AvgIpc) is 2.78. The molecule has 0 atom stereocenters. The number of amides is 2. The van der Waals surface area contributed by atoms with Crippen LogP contribution in [0, 0.1) is 13.8 Å². The Morgan fingerprint density at radius 2 is 1.67 bits per heavy atom. The predicted octanol–water partition coefficient (Wildman–Crippen LogP) is 2.77. The number of aromatic nitrogens is 1. The third-order valence-electron chi connectivity index (χ3n) is 3.80. The molecular weight excluding hydrogens is 390 g/mol. The normalized spacial score (nSPS) is 14.5. The second kappa shape index (κ2) is 6.33. The van der Waals surface area contributed by atoms with E-state index in [4.69, 9.17) is 12.2 Å². The van der Waals surface area contributed by atoms with Crippen LogP contribution >= 0.6 is 28.1 Å². The predicted molar refractivity (Wildman–Crippen MR) is 99.8 cm³/mol. The number of rotatable bonds is 2. The lowest BCUT2D eigenvalue weighted by Gasteiger charge is -2.16. The molecule has 1 aliphatic rings. The number of thiocarbonyl (C=S) groups is 1. The zero-order valence-electron chi connectivity index (χ0n) is 13.0. The molecule has 0 bridgehead atoms. The minimum Gasteiger partial charge on any atom is -0.318 e. The molecule has 1 fully saturated rings. The van der Waals surface area contributed by atoms with Crippen LogP contribution in [0.5, 0.6) is 0 Å². The number of benzene rings is 1. The molecule has 3 rings (SSSR count). The van der Waals surface area contributed by atoms with E-state index in [9.17, 15) is 9.59 Å². The first-order valence-electron chi connectivity index (χ1n) is 7.20. The van der Waals surface area contributed by atoms with Crippen LogP contribution in [0.2, 0.25) is 0 Å². The monoisotopic (exact) mass is 403 g/mol. The largest absolute Gasteiger partial charge is 0.318 e. The van der Waals surface area contributed by atoms with E-state index in [1.54, 1.807) is 6.08 Å². The molecule has 0 unspecified atom stereocenters. The van der Waals surface area contributed by atoms with Gasteiger partial charge in [0.2, 0.25) is 0 Å². The van der Waals surface area contributed by atoms with Crippen LogP contribution in [-0.4, -0.2) is 21.5 Å². The van der Waals surface area contributed by atoms with Crippen LogP contribution < -0.4 is 10.6 Å². The van der Waals surface area contributed by atoms with Crippen LogP contribution in [0.25, 0.3) is 11.8 Å². The summed E-state index contributed by atoms with van der Waals surface area (Å²) < 4.78 is 3.07. The van der Waals surface area contributed by atoms with Crippen molar-refractivity contribution in [2.75, 3.05) is 0 Å². The molecule has 2 amide bonds. The van der Waals surface area contributed by atoms with Gasteiger partial charge in [0.1, 0.15) is 5.57 Å². The summed E-state index contributed by atoms with van der Waals surface area (Å²) in [4.78, 5) is 24.0. The molecular formula is C17H14BrN3O2S. The molecule has 2 N–H and O–H groups in total. The van der Waals surface area contributed by atoms with Crippen molar-refractivity contribution in [1.29, 1.82) is 0 Å². The first kappa shape index (κ1) is 16.6. The quantitative estimate of drug-likeness (QED) is 0.460. The van der Waals surface area contributed by atoms with E-state index in [0.29, 0.717) is 0 Å². The van der Waals surface area contributed by atoms with Gasteiger partial charge in [-0.05, 0) is 68.0 Å². The summed E-state index contributed by atoms with van der Waals surface area (Å²) in [6.45, 7) is 3.93. The van der Waals surface area contributed by atoms with Gasteiger partial charge in [0.05, 0.1) is 0 Å². The Kier molecular flexibility index (Phi) is 4.38. The number of nitrogens with one attached hydrogen (secondary N) is 2. The lowest BCUT2D eigenvalue weighted by molar-refractivity contribution is -0.123. The Balaban J connectivity index is 2.05. The fourth-order valence-electron chi connectivity index (χ4n) is 2.68. The van der Waals surface area contributed by atoms with E-state index < -0.39 is 11.8 Å². The Morgan fingerprint density at radius 3 is 2.25 bits per heavy atom. The van der Waals surface area contributed by atoms with Gasteiger partial charge in [-0.2, -0.15) is 0 Å². The molecule has 0 radical (unpaired) electrons. The molecule has 0 aliphatic carbocycles.